The van der Waals surface area contributed by atoms with Gasteiger partial charge in [0, 0.05) is 6.42 Å². The molecule has 1 aromatic heterocycles. The lowest BCUT2D eigenvalue weighted by atomic mass is 10.1. The van der Waals surface area contributed by atoms with Crippen molar-refractivity contribution in [3.8, 4) is 0 Å². The highest BCUT2D eigenvalue weighted by Gasteiger charge is 2.28. The monoisotopic (exact) mass is 241 g/mol. The van der Waals surface area contributed by atoms with E-state index >= 15 is 0 Å². The van der Waals surface area contributed by atoms with Crippen LogP contribution in [0.15, 0.2) is 4.52 Å². The molecule has 0 bridgehead atoms. The summed E-state index contributed by atoms with van der Waals surface area (Å²) in [6.07, 6.45) is 0.445. The van der Waals surface area contributed by atoms with Crippen LogP contribution < -0.4 is 0 Å². The fraction of sp³-hybridized carbons (Fsp3) is 0.545. The average Bonchev–Trinajstić information content (AvgIpc) is 2.73. The van der Waals surface area contributed by atoms with E-state index in [0.717, 1.165) is 0 Å². The van der Waals surface area contributed by atoms with Crippen molar-refractivity contribution in [2.45, 2.75) is 27.2 Å². The van der Waals surface area contributed by atoms with E-state index in [1.807, 2.05) is 0 Å². The Bertz CT molecular complexity index is 410. The van der Waals surface area contributed by atoms with E-state index < -0.39 is 11.9 Å². The Morgan fingerprint density at radius 3 is 2.24 bits per heavy atom. The van der Waals surface area contributed by atoms with Gasteiger partial charge in [-0.05, 0) is 13.8 Å². The number of ether oxygens (including phenoxy) is 2. The van der Waals surface area contributed by atoms with Gasteiger partial charge in [0.1, 0.15) is 5.56 Å². The summed E-state index contributed by atoms with van der Waals surface area (Å²) in [5, 5.41) is 3.56. The van der Waals surface area contributed by atoms with Crippen LogP contribution in [0.3, 0.4) is 0 Å². The van der Waals surface area contributed by atoms with Gasteiger partial charge in [0.25, 0.3) is 0 Å². The van der Waals surface area contributed by atoms with Crippen LogP contribution in [-0.2, 0) is 15.9 Å². The molecule has 0 aliphatic rings. The maximum absolute atomic E-state index is 11.7. The SMILES string of the molecule is CCOC(=O)c1noc(CC)c1C(=O)OCC. The van der Waals surface area contributed by atoms with Gasteiger partial charge in [0.05, 0.1) is 13.2 Å². The smallest absolute Gasteiger partial charge is 0.361 e. The van der Waals surface area contributed by atoms with Gasteiger partial charge in [0.2, 0.25) is 5.69 Å². The molecule has 17 heavy (non-hydrogen) atoms. The number of aromatic nitrogens is 1. The van der Waals surface area contributed by atoms with Crippen LogP contribution in [0, 0.1) is 0 Å². The quantitative estimate of drug-likeness (QED) is 0.728. The lowest BCUT2D eigenvalue weighted by molar-refractivity contribution is 0.0474. The molecule has 6 heteroatoms. The zero-order chi connectivity index (χ0) is 12.8. The second-order valence-electron chi connectivity index (χ2n) is 3.12. The summed E-state index contributed by atoms with van der Waals surface area (Å²) in [6, 6.07) is 0. The van der Waals surface area contributed by atoms with Gasteiger partial charge in [-0.2, -0.15) is 0 Å². The third-order valence-corrected chi connectivity index (χ3v) is 2.03. The first-order chi connectivity index (χ1) is 8.15. The van der Waals surface area contributed by atoms with E-state index in [4.69, 9.17) is 14.0 Å². The number of esters is 2. The molecule has 0 aliphatic heterocycles. The molecule has 0 saturated heterocycles. The largest absolute Gasteiger partial charge is 0.462 e. The van der Waals surface area contributed by atoms with Gasteiger partial charge >= 0.3 is 11.9 Å². The normalized spacial score (nSPS) is 10.1. The van der Waals surface area contributed by atoms with Crippen molar-refractivity contribution in [3.63, 3.8) is 0 Å². The highest BCUT2D eigenvalue weighted by atomic mass is 16.5. The molecule has 0 amide bonds. The van der Waals surface area contributed by atoms with Crippen LogP contribution >= 0.6 is 0 Å². The van der Waals surface area contributed by atoms with Crippen molar-refractivity contribution in [2.24, 2.45) is 0 Å². The summed E-state index contributed by atoms with van der Waals surface area (Å²) in [5.41, 5.74) is -0.0602. The molecular formula is C11H15NO5. The minimum absolute atomic E-state index is 0.0628. The first-order valence-electron chi connectivity index (χ1n) is 5.48. The van der Waals surface area contributed by atoms with Gasteiger partial charge in [-0.15, -0.1) is 0 Å². The number of hydrogen-bond acceptors (Lipinski definition) is 6. The summed E-state index contributed by atoms with van der Waals surface area (Å²) < 4.78 is 14.6. The molecule has 1 heterocycles. The lowest BCUT2D eigenvalue weighted by Gasteiger charge is -2.02. The Kier molecular flexibility index (Phi) is 4.68. The molecule has 0 unspecified atom stereocenters. The van der Waals surface area contributed by atoms with Crippen molar-refractivity contribution >= 4 is 11.9 Å². The summed E-state index contributed by atoms with van der Waals surface area (Å²) >= 11 is 0. The molecule has 1 aromatic rings. The predicted octanol–water partition coefficient (Wildman–Crippen LogP) is 1.59. The van der Waals surface area contributed by atoms with Crippen LogP contribution in [0.1, 0.15) is 47.4 Å². The van der Waals surface area contributed by atoms with Crippen molar-refractivity contribution < 1.29 is 23.6 Å². The van der Waals surface area contributed by atoms with E-state index in [1.54, 1.807) is 20.8 Å². The van der Waals surface area contributed by atoms with E-state index in [2.05, 4.69) is 5.16 Å². The topological polar surface area (TPSA) is 78.6 Å². The molecule has 0 N–H and O–H groups in total. The number of carbonyl (C=O) groups excluding carboxylic acids is 2. The Balaban J connectivity index is 3.09. The van der Waals surface area contributed by atoms with Gasteiger partial charge in [-0.1, -0.05) is 12.1 Å². The minimum Gasteiger partial charge on any atom is -0.462 e. The predicted molar refractivity (Wildman–Crippen MR) is 57.8 cm³/mol. The lowest BCUT2D eigenvalue weighted by Crippen LogP contribution is -2.14. The summed E-state index contributed by atoms with van der Waals surface area (Å²) in [5.74, 6) is -0.973. The Hall–Kier alpha value is -1.85. The number of carbonyl (C=O) groups is 2. The van der Waals surface area contributed by atoms with E-state index in [-0.39, 0.29) is 24.5 Å². The molecule has 94 valence electrons. The highest BCUT2D eigenvalue weighted by Crippen LogP contribution is 2.17. The van der Waals surface area contributed by atoms with Crippen LogP contribution in [-0.4, -0.2) is 30.3 Å². The highest BCUT2D eigenvalue weighted by molar-refractivity contribution is 6.02. The van der Waals surface area contributed by atoms with Crippen molar-refractivity contribution in [2.75, 3.05) is 13.2 Å². The number of nitrogens with zero attached hydrogens (tertiary/aromatic N) is 1. The standard InChI is InChI=1S/C11H15NO5/c1-4-7-8(10(13)15-5-2)9(12-17-7)11(14)16-6-3/h4-6H2,1-3H3. The number of rotatable bonds is 5. The van der Waals surface area contributed by atoms with Gasteiger partial charge in [-0.25, -0.2) is 9.59 Å². The van der Waals surface area contributed by atoms with E-state index in [1.165, 1.54) is 0 Å². The first kappa shape index (κ1) is 13.2. The third kappa shape index (κ3) is 2.83. The zero-order valence-corrected chi connectivity index (χ0v) is 10.1. The maximum Gasteiger partial charge on any atom is 0.361 e. The van der Waals surface area contributed by atoms with Gasteiger partial charge in [0.15, 0.2) is 5.76 Å². The number of hydrogen-bond donors (Lipinski definition) is 0. The molecule has 0 aromatic carbocycles. The van der Waals surface area contributed by atoms with Crippen LogP contribution in [0.2, 0.25) is 0 Å². The summed E-state index contributed by atoms with van der Waals surface area (Å²) in [7, 11) is 0. The Morgan fingerprint density at radius 1 is 1.12 bits per heavy atom. The van der Waals surface area contributed by atoms with Gasteiger partial charge in [-0.3, -0.25) is 0 Å². The second kappa shape index (κ2) is 6.03. The molecule has 0 fully saturated rings. The zero-order valence-electron chi connectivity index (χ0n) is 10.1. The van der Waals surface area contributed by atoms with Crippen LogP contribution in [0.25, 0.3) is 0 Å². The molecule has 0 atom stereocenters. The Labute approximate surface area is 98.9 Å². The van der Waals surface area contributed by atoms with Crippen LogP contribution in [0.5, 0.6) is 0 Å². The molecule has 0 aliphatic carbocycles. The van der Waals surface area contributed by atoms with E-state index in [9.17, 15) is 9.59 Å². The molecular weight excluding hydrogens is 226 g/mol. The average molecular weight is 241 g/mol. The van der Waals surface area contributed by atoms with Gasteiger partial charge < -0.3 is 14.0 Å². The first-order valence-corrected chi connectivity index (χ1v) is 5.48. The molecule has 6 nitrogen and oxygen atoms in total. The van der Waals surface area contributed by atoms with Crippen molar-refractivity contribution in [1.29, 1.82) is 0 Å². The Morgan fingerprint density at radius 2 is 1.71 bits per heavy atom. The van der Waals surface area contributed by atoms with Crippen LogP contribution in [0.4, 0.5) is 0 Å². The summed E-state index contributed by atoms with van der Waals surface area (Å²) in [4.78, 5) is 23.2. The minimum atomic E-state index is -0.681. The van der Waals surface area contributed by atoms with E-state index in [0.29, 0.717) is 12.2 Å². The number of aryl methyl sites for hydroxylation is 1. The maximum atomic E-state index is 11.7. The summed E-state index contributed by atoms with van der Waals surface area (Å²) in [6.45, 7) is 5.56. The fourth-order valence-corrected chi connectivity index (χ4v) is 1.32. The van der Waals surface area contributed by atoms with Crippen molar-refractivity contribution in [1.82, 2.24) is 5.16 Å². The molecule has 0 radical (unpaired) electrons. The third-order valence-electron chi connectivity index (χ3n) is 2.03. The van der Waals surface area contributed by atoms with Crippen molar-refractivity contribution in [3.05, 3.63) is 17.0 Å². The molecule has 0 spiro atoms. The fourth-order valence-electron chi connectivity index (χ4n) is 1.32. The second-order valence-corrected chi connectivity index (χ2v) is 3.12. The molecule has 1 rings (SSSR count). The molecule has 0 saturated carbocycles.